The highest BCUT2D eigenvalue weighted by molar-refractivity contribution is 5.75. The van der Waals surface area contributed by atoms with Crippen LogP contribution in [-0.4, -0.2) is 66.5 Å². The molecule has 0 spiro atoms. The van der Waals surface area contributed by atoms with Gasteiger partial charge in [-0.25, -0.2) is 0 Å². The van der Waals surface area contributed by atoms with Crippen molar-refractivity contribution in [2.75, 3.05) is 0 Å². The first-order valence-corrected chi connectivity index (χ1v) is 9.48. The number of aliphatic hydroxyl groups excluding tert-OH is 4. The maximum Gasteiger partial charge on any atom is 0.229 e. The Morgan fingerprint density at radius 1 is 0.839 bits per heavy atom. The van der Waals surface area contributed by atoms with E-state index in [0.717, 1.165) is 6.07 Å². The van der Waals surface area contributed by atoms with Crippen molar-refractivity contribution in [1.29, 1.82) is 0 Å². The van der Waals surface area contributed by atoms with Gasteiger partial charge in [0.1, 0.15) is 46.9 Å². The van der Waals surface area contributed by atoms with E-state index in [9.17, 15) is 35.7 Å². The van der Waals surface area contributed by atoms with E-state index in [-0.39, 0.29) is 28.6 Å². The van der Waals surface area contributed by atoms with Crippen LogP contribution in [0.4, 0.5) is 0 Å². The molecule has 4 rings (SSSR count). The predicted molar refractivity (Wildman–Crippen MR) is 104 cm³/mol. The van der Waals surface area contributed by atoms with Crippen molar-refractivity contribution < 1.29 is 50.0 Å². The average molecular weight is 434 g/mol. The van der Waals surface area contributed by atoms with E-state index in [4.69, 9.17) is 14.2 Å². The van der Waals surface area contributed by atoms with Gasteiger partial charge in [0, 0.05) is 17.7 Å². The molecule has 2 aliphatic rings. The van der Waals surface area contributed by atoms with Crippen LogP contribution in [0.15, 0.2) is 42.2 Å². The Morgan fingerprint density at radius 2 is 1.52 bits per heavy atom. The van der Waals surface area contributed by atoms with Crippen LogP contribution in [0.1, 0.15) is 24.2 Å². The molecule has 2 heterocycles. The van der Waals surface area contributed by atoms with E-state index in [2.05, 4.69) is 0 Å². The highest BCUT2D eigenvalue weighted by Gasteiger charge is 2.45. The molecule has 10 heteroatoms. The lowest BCUT2D eigenvalue weighted by molar-refractivity contribution is -0.285. The molecular formula is C21H22O10. The van der Waals surface area contributed by atoms with Crippen molar-refractivity contribution in [2.24, 2.45) is 0 Å². The molecule has 0 amide bonds. The number of phenolic OH excluding ortho intramolecular Hbond substituents is 3. The zero-order valence-electron chi connectivity index (χ0n) is 16.3. The number of phenols is 3. The highest BCUT2D eigenvalue weighted by Crippen LogP contribution is 2.47. The molecule has 1 fully saturated rings. The molecule has 10 nitrogen and oxygen atoms in total. The second kappa shape index (κ2) is 7.82. The van der Waals surface area contributed by atoms with E-state index >= 15 is 0 Å². The van der Waals surface area contributed by atoms with Crippen molar-refractivity contribution in [3.63, 3.8) is 0 Å². The third-order valence-electron chi connectivity index (χ3n) is 5.27. The molecule has 6 atom stereocenters. The summed E-state index contributed by atoms with van der Waals surface area (Å²) in [5.41, 5.74) is 0.272. The lowest BCUT2D eigenvalue weighted by atomic mass is 9.98. The van der Waals surface area contributed by atoms with E-state index in [1.807, 2.05) is 0 Å². The van der Waals surface area contributed by atoms with Crippen molar-refractivity contribution in [1.82, 2.24) is 0 Å². The third kappa shape index (κ3) is 3.70. The summed E-state index contributed by atoms with van der Waals surface area (Å²) in [5.74, 6) is -1.61. The minimum absolute atomic E-state index is 0.0112. The van der Waals surface area contributed by atoms with Gasteiger partial charge in [-0.3, -0.25) is 0 Å². The van der Waals surface area contributed by atoms with Crippen LogP contribution in [0.5, 0.6) is 23.0 Å². The first-order chi connectivity index (χ1) is 14.7. The van der Waals surface area contributed by atoms with Crippen molar-refractivity contribution in [3.8, 4) is 23.0 Å². The maximum atomic E-state index is 10.9. The summed E-state index contributed by atoms with van der Waals surface area (Å²) in [7, 11) is 0. The summed E-state index contributed by atoms with van der Waals surface area (Å²) in [6, 6.07) is 7.98. The Kier molecular flexibility index (Phi) is 5.31. The van der Waals surface area contributed by atoms with Crippen LogP contribution in [0, 0.1) is 0 Å². The second-order valence-corrected chi connectivity index (χ2v) is 7.44. The normalized spacial score (nSPS) is 30.5. The second-order valence-electron chi connectivity index (χ2n) is 7.44. The Balaban J connectivity index is 1.78. The zero-order chi connectivity index (χ0) is 22.4. The van der Waals surface area contributed by atoms with Gasteiger partial charge in [-0.2, -0.15) is 0 Å². The van der Waals surface area contributed by atoms with Crippen molar-refractivity contribution >= 4 is 5.76 Å². The first kappa shape index (κ1) is 21.1. The summed E-state index contributed by atoms with van der Waals surface area (Å²) < 4.78 is 17.0. The fourth-order valence-electron chi connectivity index (χ4n) is 3.57. The van der Waals surface area contributed by atoms with Crippen molar-refractivity contribution in [2.45, 2.75) is 43.7 Å². The Hall–Kier alpha value is -3.18. The standard InChI is InChI=1S/C21H22O10/c1-8-15(25)17(27)18(28)21(29-8)31-20-16(26)14-12(24)6-11(23)7-13(14)30-19(20)9-2-4-10(22)5-3-9/h2-8,15,17-19,21-28H,1H3/t8-,15-,17+,18+,19?,21-/m0/s1. The minimum Gasteiger partial charge on any atom is -0.508 e. The molecule has 0 aromatic heterocycles. The molecule has 2 aromatic carbocycles. The summed E-state index contributed by atoms with van der Waals surface area (Å²) in [6.45, 7) is 1.48. The smallest absolute Gasteiger partial charge is 0.229 e. The highest BCUT2D eigenvalue weighted by atomic mass is 16.7. The molecule has 0 saturated carbocycles. The van der Waals surface area contributed by atoms with Gasteiger partial charge in [-0.15, -0.1) is 0 Å². The Bertz CT molecular complexity index is 1000. The molecule has 7 N–H and O–H groups in total. The molecule has 2 aliphatic heterocycles. The van der Waals surface area contributed by atoms with Crippen LogP contribution in [0.25, 0.3) is 5.76 Å². The molecular weight excluding hydrogens is 412 g/mol. The molecule has 0 aliphatic carbocycles. The lowest BCUT2D eigenvalue weighted by Crippen LogP contribution is -2.57. The van der Waals surface area contributed by atoms with Crippen molar-refractivity contribution in [3.05, 3.63) is 53.3 Å². The van der Waals surface area contributed by atoms with Crippen LogP contribution in [-0.2, 0) is 9.47 Å². The maximum absolute atomic E-state index is 10.9. The van der Waals surface area contributed by atoms with Gasteiger partial charge < -0.3 is 50.0 Å². The number of rotatable bonds is 3. The van der Waals surface area contributed by atoms with Crippen LogP contribution < -0.4 is 4.74 Å². The molecule has 2 aromatic rings. The molecule has 0 radical (unpaired) electrons. The largest absolute Gasteiger partial charge is 0.508 e. The molecule has 0 bridgehead atoms. The van der Waals surface area contributed by atoms with Gasteiger partial charge in [-0.05, 0) is 19.1 Å². The lowest BCUT2D eigenvalue weighted by Gasteiger charge is -2.40. The predicted octanol–water partition coefficient (Wildman–Crippen LogP) is 1.01. The summed E-state index contributed by atoms with van der Waals surface area (Å²) in [5, 5.41) is 70.7. The number of aliphatic hydroxyl groups is 4. The fourth-order valence-corrected chi connectivity index (χ4v) is 3.57. The van der Waals surface area contributed by atoms with Gasteiger partial charge >= 0.3 is 0 Å². The van der Waals surface area contributed by atoms with Gasteiger partial charge in [-0.1, -0.05) is 12.1 Å². The van der Waals surface area contributed by atoms with E-state index in [1.54, 1.807) is 0 Å². The first-order valence-electron chi connectivity index (χ1n) is 9.48. The van der Waals surface area contributed by atoms with Gasteiger partial charge in [0.25, 0.3) is 0 Å². The minimum atomic E-state index is -1.65. The van der Waals surface area contributed by atoms with Gasteiger partial charge in [0.2, 0.25) is 6.29 Å². The number of ether oxygens (including phenoxy) is 3. The molecule has 31 heavy (non-hydrogen) atoms. The number of fused-ring (bicyclic) bond motifs is 1. The molecule has 166 valence electrons. The monoisotopic (exact) mass is 434 g/mol. The van der Waals surface area contributed by atoms with Gasteiger partial charge in [0.05, 0.1) is 6.10 Å². The van der Waals surface area contributed by atoms with E-state index in [0.29, 0.717) is 5.56 Å². The SMILES string of the molecule is C[C@@H]1O[C@@H](OC2=C(O)c3c(O)cc(O)cc3OC2c2ccc(O)cc2)[C@H](O)[C@H](O)[C@H]1O. The third-order valence-corrected chi connectivity index (χ3v) is 5.27. The summed E-state index contributed by atoms with van der Waals surface area (Å²) in [6.07, 6.45) is -8.05. The summed E-state index contributed by atoms with van der Waals surface area (Å²) in [4.78, 5) is 0. The summed E-state index contributed by atoms with van der Waals surface area (Å²) >= 11 is 0. The van der Waals surface area contributed by atoms with Gasteiger partial charge in [0.15, 0.2) is 17.6 Å². The number of aromatic hydroxyl groups is 3. The quantitative estimate of drug-likeness (QED) is 0.370. The number of benzene rings is 2. The number of hydrogen-bond donors (Lipinski definition) is 7. The van der Waals surface area contributed by atoms with E-state index in [1.165, 1.54) is 37.3 Å². The Labute approximate surface area is 176 Å². The van der Waals surface area contributed by atoms with Crippen LogP contribution in [0.3, 0.4) is 0 Å². The molecule has 1 saturated heterocycles. The Morgan fingerprint density at radius 3 is 2.19 bits per heavy atom. The topological polar surface area (TPSA) is 169 Å². The molecule has 1 unspecified atom stereocenters. The van der Waals surface area contributed by atoms with E-state index < -0.39 is 48.3 Å². The van der Waals surface area contributed by atoms with Crippen LogP contribution in [0.2, 0.25) is 0 Å². The average Bonchev–Trinajstić information content (AvgIpc) is 2.72. The fraction of sp³-hybridized carbons (Fsp3) is 0.333. The zero-order valence-corrected chi connectivity index (χ0v) is 16.3. The number of hydrogen-bond acceptors (Lipinski definition) is 10. The van der Waals surface area contributed by atoms with Crippen LogP contribution >= 0.6 is 0 Å².